The molecule has 0 fully saturated rings. The van der Waals surface area contributed by atoms with Crippen molar-refractivity contribution in [1.82, 2.24) is 21.3 Å². The smallest absolute Gasteiger partial charge is 0.326 e. The zero-order chi connectivity index (χ0) is 39.6. The second-order valence-electron chi connectivity index (χ2n) is 12.8. The monoisotopic (exact) mass is 809 g/mol. The summed E-state index contributed by atoms with van der Waals surface area (Å²) in [5, 5.41) is 46.2. The number of halogens is 2. The molecule has 0 saturated carbocycles. The van der Waals surface area contributed by atoms with Gasteiger partial charge in [0.1, 0.15) is 24.2 Å². The Labute approximate surface area is 329 Å². The van der Waals surface area contributed by atoms with E-state index in [1.165, 1.54) is 47.7 Å². The maximum atomic E-state index is 14.2. The van der Waals surface area contributed by atoms with Gasteiger partial charge >= 0.3 is 5.97 Å². The van der Waals surface area contributed by atoms with E-state index in [9.17, 15) is 44.1 Å². The third-order valence-corrected chi connectivity index (χ3v) is 10.2. The number of amides is 5. The molecule has 0 saturated heterocycles. The van der Waals surface area contributed by atoms with Crippen molar-refractivity contribution in [3.63, 3.8) is 0 Å². The molecule has 2 aliphatic rings. The highest BCUT2D eigenvalue weighted by Crippen LogP contribution is 2.23. The first-order valence-corrected chi connectivity index (χ1v) is 18.6. The lowest BCUT2D eigenvalue weighted by atomic mass is 10.0. The maximum absolute atomic E-state index is 14.2. The number of anilines is 1. The molecule has 55 heavy (non-hydrogen) atoms. The number of aliphatic hydroxyl groups excluding tert-OH is 2. The van der Waals surface area contributed by atoms with Gasteiger partial charge in [-0.25, -0.2) is 4.79 Å². The zero-order valence-electron chi connectivity index (χ0n) is 28.9. The first-order valence-electron chi connectivity index (χ1n) is 17.0. The van der Waals surface area contributed by atoms with Crippen molar-refractivity contribution >= 4 is 75.7 Å². The predicted molar refractivity (Wildman–Crippen MR) is 204 cm³/mol. The van der Waals surface area contributed by atoms with Gasteiger partial charge in [-0.2, -0.15) is 0 Å². The number of nitrogens with one attached hydrogen (secondary N) is 5. The van der Waals surface area contributed by atoms with Gasteiger partial charge in [0.05, 0.1) is 0 Å². The van der Waals surface area contributed by atoms with E-state index >= 15 is 0 Å². The van der Waals surface area contributed by atoms with E-state index < -0.39 is 71.9 Å². The predicted octanol–water partition coefficient (Wildman–Crippen LogP) is 2.02. The fourth-order valence-electron chi connectivity index (χ4n) is 5.75. The van der Waals surface area contributed by atoms with Gasteiger partial charge in [0.25, 0.3) is 11.8 Å². The van der Waals surface area contributed by atoms with Gasteiger partial charge in [-0.15, -0.1) is 11.3 Å². The van der Waals surface area contributed by atoms with Crippen LogP contribution in [-0.4, -0.2) is 87.2 Å². The molecule has 1 aromatic heterocycles. The largest absolute Gasteiger partial charge is 0.480 e. The van der Waals surface area contributed by atoms with E-state index in [4.69, 9.17) is 23.2 Å². The molecular formula is C38H37Cl2N5O9S. The number of aliphatic carboxylic acids is 1. The summed E-state index contributed by atoms with van der Waals surface area (Å²) in [4.78, 5) is 81.3. The van der Waals surface area contributed by atoms with Crippen LogP contribution in [0.2, 0.25) is 10.0 Å². The Balaban J connectivity index is 1.55. The van der Waals surface area contributed by atoms with Crippen LogP contribution in [0.25, 0.3) is 0 Å². The number of carboxylic acids is 1. The van der Waals surface area contributed by atoms with E-state index in [0.717, 1.165) is 0 Å². The van der Waals surface area contributed by atoms with Crippen molar-refractivity contribution in [1.29, 1.82) is 0 Å². The molecule has 3 aromatic carbocycles. The van der Waals surface area contributed by atoms with Crippen molar-refractivity contribution in [2.45, 2.75) is 62.1 Å². The molecule has 0 aliphatic carbocycles. The van der Waals surface area contributed by atoms with Crippen LogP contribution in [0.15, 0.2) is 90.3 Å². The van der Waals surface area contributed by atoms with E-state index in [1.807, 2.05) is 0 Å². The second kappa shape index (κ2) is 18.8. The molecule has 0 spiro atoms. The summed E-state index contributed by atoms with van der Waals surface area (Å²) in [6.07, 6.45) is -5.16. The number of hydrogen-bond donors (Lipinski definition) is 8. The third-order valence-electron chi connectivity index (χ3n) is 8.72. The second-order valence-corrected chi connectivity index (χ2v) is 14.7. The normalized spacial score (nSPS) is 23.0. The fourth-order valence-corrected chi connectivity index (χ4v) is 6.99. The lowest BCUT2D eigenvalue weighted by Crippen LogP contribution is -2.60. The molecule has 2 aliphatic heterocycles. The molecule has 17 heteroatoms. The van der Waals surface area contributed by atoms with Gasteiger partial charge in [0.2, 0.25) is 17.7 Å². The number of thiophene rings is 1. The first-order chi connectivity index (χ1) is 26.3. The molecule has 5 amide bonds. The quantitative estimate of drug-likeness (QED) is 0.128. The Bertz CT molecular complexity index is 2020. The zero-order valence-corrected chi connectivity index (χ0v) is 31.2. The molecule has 6 rings (SSSR count). The number of fused-ring (bicyclic) bond motifs is 18. The van der Waals surface area contributed by atoms with Crippen LogP contribution >= 0.6 is 34.5 Å². The van der Waals surface area contributed by atoms with Gasteiger partial charge in [-0.3, -0.25) is 24.0 Å². The molecule has 0 unspecified atom stereocenters. The summed E-state index contributed by atoms with van der Waals surface area (Å²) in [6, 6.07) is 16.7. The van der Waals surface area contributed by atoms with Crippen molar-refractivity contribution in [3.05, 3.63) is 122 Å². The molecule has 4 aromatic rings. The Morgan fingerprint density at radius 1 is 0.673 bits per heavy atom. The molecule has 14 nitrogen and oxygen atoms in total. The van der Waals surface area contributed by atoms with Crippen LogP contribution < -0.4 is 26.6 Å². The highest BCUT2D eigenvalue weighted by Gasteiger charge is 2.36. The Hall–Kier alpha value is -5.32. The van der Waals surface area contributed by atoms with E-state index in [2.05, 4.69) is 26.6 Å². The van der Waals surface area contributed by atoms with E-state index in [1.54, 1.807) is 53.9 Å². The van der Waals surface area contributed by atoms with Gasteiger partial charge in [-0.1, -0.05) is 77.8 Å². The van der Waals surface area contributed by atoms with E-state index in [0.29, 0.717) is 26.6 Å². The first kappa shape index (κ1) is 40.9. The lowest BCUT2D eigenvalue weighted by Gasteiger charge is -2.27. The summed E-state index contributed by atoms with van der Waals surface area (Å²) in [7, 11) is 0. The minimum absolute atomic E-state index is 0.0568. The number of aliphatic hydroxyl groups is 2. The molecule has 288 valence electrons. The van der Waals surface area contributed by atoms with Gasteiger partial charge in [0.15, 0.2) is 12.2 Å². The number of carboxylic acid groups (broad SMARTS) is 1. The lowest BCUT2D eigenvalue weighted by molar-refractivity contribution is -0.145. The van der Waals surface area contributed by atoms with Crippen LogP contribution in [0.1, 0.15) is 21.6 Å². The molecule has 0 radical (unpaired) electrons. The molecular weight excluding hydrogens is 773 g/mol. The third kappa shape index (κ3) is 11.3. The number of hydrogen-bond acceptors (Lipinski definition) is 9. The summed E-state index contributed by atoms with van der Waals surface area (Å²) in [5.41, 5.74) is 1.62. The van der Waals surface area contributed by atoms with E-state index in [-0.39, 0.29) is 36.4 Å². The summed E-state index contributed by atoms with van der Waals surface area (Å²) in [5.74, 6) is -6.31. The van der Waals surface area contributed by atoms with Gasteiger partial charge in [-0.05, 0) is 52.4 Å². The molecule has 8 N–H and O–H groups in total. The van der Waals surface area contributed by atoms with Crippen LogP contribution in [-0.2, 0) is 54.5 Å². The number of benzene rings is 3. The van der Waals surface area contributed by atoms with Crippen LogP contribution in [0.3, 0.4) is 0 Å². The number of carbonyl (C=O) groups is 6. The van der Waals surface area contributed by atoms with Gasteiger partial charge < -0.3 is 41.9 Å². The Morgan fingerprint density at radius 2 is 1.27 bits per heavy atom. The van der Waals surface area contributed by atoms with Crippen molar-refractivity contribution in [2.75, 3.05) is 5.32 Å². The van der Waals surface area contributed by atoms with Crippen molar-refractivity contribution < 1.29 is 44.1 Å². The average molecular weight is 811 g/mol. The highest BCUT2D eigenvalue weighted by atomic mass is 35.5. The molecule has 2 bridgehead atoms. The van der Waals surface area contributed by atoms with Crippen LogP contribution in [0.4, 0.5) is 5.69 Å². The standard InChI is InChI=1S/C38H37Cl2N5O9S/c39-23-11-10-22(26(40)18-23)17-28-34(49)42-27(15-20-5-2-1-3-6-20)33(48)45-30(38(53)54)16-21-8-12-24(13-9-21)41-36(51)31(46)32(47)37(52)44-29(35(50)43-28)19-25-7-4-14-55-25/h1-14,18,27-32,46-47H,15-17,19H2,(H,41,51)(H,42,49)(H,43,50)(H,44,52)(H,45,48)(H,53,54)/t27-,28+,29-,30+,31-,32-/m1/s1. The maximum Gasteiger partial charge on any atom is 0.326 e. The molecule has 6 atom stereocenters. The molecule has 3 heterocycles. The number of rotatable bonds is 7. The summed E-state index contributed by atoms with van der Waals surface area (Å²) >= 11 is 13.8. The van der Waals surface area contributed by atoms with Gasteiger partial charge in [0, 0.05) is 46.3 Å². The average Bonchev–Trinajstić information content (AvgIpc) is 3.68. The Morgan fingerprint density at radius 3 is 1.89 bits per heavy atom. The SMILES string of the molecule is O=C(O)[C@@H]1Cc2ccc(cc2)NC(=O)[C@H](O)[C@@H](O)C(=O)N[C@H](Cc2cccs2)C(=O)N[C@@H](Cc2ccc(Cl)cc2Cl)C(=O)N[C@H](Cc2ccccc2)C(=O)N1. The summed E-state index contributed by atoms with van der Waals surface area (Å²) < 4.78 is 0. The highest BCUT2D eigenvalue weighted by molar-refractivity contribution is 7.09. The van der Waals surface area contributed by atoms with Crippen LogP contribution in [0.5, 0.6) is 0 Å². The minimum atomic E-state index is -2.31. The Kier molecular flexibility index (Phi) is 14.0. The van der Waals surface area contributed by atoms with Crippen molar-refractivity contribution in [3.8, 4) is 0 Å². The topological polar surface area (TPSA) is 223 Å². The summed E-state index contributed by atoms with van der Waals surface area (Å²) in [6.45, 7) is 0. The van der Waals surface area contributed by atoms with Crippen molar-refractivity contribution in [2.24, 2.45) is 0 Å². The fraction of sp³-hybridized carbons (Fsp3) is 0.263. The van der Waals surface area contributed by atoms with Crippen LogP contribution in [0, 0.1) is 0 Å². The minimum Gasteiger partial charge on any atom is -0.480 e. The number of carbonyl (C=O) groups excluding carboxylic acids is 5.